The first-order chi connectivity index (χ1) is 28.6. The van der Waals surface area contributed by atoms with E-state index in [4.69, 9.17) is 0 Å². The molecule has 0 fully saturated rings. The van der Waals surface area contributed by atoms with Gasteiger partial charge in [-0.2, -0.15) is 105 Å². The van der Waals surface area contributed by atoms with Crippen molar-refractivity contribution in [1.29, 1.82) is 0 Å². The highest BCUT2D eigenvalue weighted by atomic mass is 19.4. The van der Waals surface area contributed by atoms with Crippen LogP contribution in [0.25, 0.3) is 0 Å². The van der Waals surface area contributed by atoms with Gasteiger partial charge in [0.1, 0.15) is 5.82 Å². The van der Waals surface area contributed by atoms with Crippen LogP contribution in [0, 0.1) is 0 Å². The minimum atomic E-state index is -5.85. The molecule has 0 radical (unpaired) electrons. The van der Waals surface area contributed by atoms with Crippen LogP contribution in [0.2, 0.25) is 0 Å². The summed E-state index contributed by atoms with van der Waals surface area (Å²) in [6.45, 7) is 1.30. The van der Waals surface area contributed by atoms with Gasteiger partial charge in [-0.15, -0.1) is 0 Å². The van der Waals surface area contributed by atoms with Crippen molar-refractivity contribution in [3.05, 3.63) is 129 Å². The van der Waals surface area contributed by atoms with Crippen LogP contribution in [-0.4, -0.2) is 0 Å². The van der Waals surface area contributed by atoms with Crippen molar-refractivity contribution in [3.63, 3.8) is 0 Å². The predicted molar refractivity (Wildman–Crippen MR) is 176 cm³/mol. The van der Waals surface area contributed by atoms with Crippen molar-refractivity contribution < 1.29 is 105 Å². The van der Waals surface area contributed by atoms with Crippen LogP contribution < -0.4 is 20.9 Å². The van der Waals surface area contributed by atoms with Gasteiger partial charge < -0.3 is 0 Å². The highest BCUT2D eigenvalue weighted by Crippen LogP contribution is 2.45. The largest absolute Gasteiger partial charge is 0.416 e. The maximum Gasteiger partial charge on any atom is 0.416 e. The summed E-state index contributed by atoms with van der Waals surface area (Å²) in [5.74, 6) is -1.59. The predicted octanol–water partition coefficient (Wildman–Crippen LogP) is 15.5. The van der Waals surface area contributed by atoms with Gasteiger partial charge in [-0.05, 0) is 92.2 Å². The molecule has 0 aromatic heterocycles. The van der Waals surface area contributed by atoms with Gasteiger partial charge >= 0.3 is 49.4 Å². The molecule has 0 saturated heterocycles. The maximum absolute atomic E-state index is 14.2. The lowest BCUT2D eigenvalue weighted by atomic mass is 10.1. The second kappa shape index (κ2) is 16.6. The van der Waals surface area contributed by atoms with E-state index in [0.29, 0.717) is 13.8 Å². The standard InChI is InChI=1S/C36H20F24N4/c1-15(2)28(63(26-11-20(33(49,50)51)5-21(12-26)34(52,53)54)61-24-7-16(29(37,38)39)3-17(8-24)30(40,41)42)64(27-13-22(35(55,56)57)6-23(14-27)36(58,59)60)62-25-9-18(31(43,44)45)4-19(10-25)32(46,47)48/h3-14,61-62H,1-2H3. The Labute approximate surface area is 341 Å². The summed E-state index contributed by atoms with van der Waals surface area (Å²) in [6.07, 6.45) is -46.4. The number of allylic oxidation sites excluding steroid dienone is 1. The van der Waals surface area contributed by atoms with Gasteiger partial charge in [0.25, 0.3) is 0 Å². The molecular weight excluding hydrogens is 944 g/mol. The van der Waals surface area contributed by atoms with E-state index in [0.717, 1.165) is 0 Å². The fourth-order valence-corrected chi connectivity index (χ4v) is 5.46. The minimum absolute atomic E-state index is 0.255. The summed E-state index contributed by atoms with van der Waals surface area (Å²) >= 11 is 0. The summed E-state index contributed by atoms with van der Waals surface area (Å²) in [5, 5.41) is -0.734. The van der Waals surface area contributed by atoms with E-state index in [-0.39, 0.29) is 58.5 Å². The molecule has 2 N–H and O–H groups in total. The number of hydrogen-bond donors (Lipinski definition) is 2. The molecule has 4 nitrogen and oxygen atoms in total. The van der Waals surface area contributed by atoms with E-state index < -0.39 is 152 Å². The zero-order chi connectivity index (χ0) is 49.1. The molecular formula is C36H20F24N4. The highest BCUT2D eigenvalue weighted by molar-refractivity contribution is 5.71. The Kier molecular flexibility index (Phi) is 13.2. The zero-order valence-corrected chi connectivity index (χ0v) is 30.9. The lowest BCUT2D eigenvalue weighted by molar-refractivity contribution is -0.144. The fourth-order valence-electron chi connectivity index (χ4n) is 5.46. The van der Waals surface area contributed by atoms with E-state index in [1.165, 1.54) is 0 Å². The summed E-state index contributed by atoms with van der Waals surface area (Å²) in [4.78, 5) is 0. The number of halogens is 24. The third kappa shape index (κ3) is 12.2. The molecule has 0 spiro atoms. The SMILES string of the molecule is CC(C)=C(N(Nc1cc(C(F)(F)F)cc(C(F)(F)F)c1)c1cc(C(F)(F)F)cc(C(F)(F)F)c1)N(Nc1cc(C(F)(F)F)cc(C(F)(F)F)c1)c1cc(C(F)(F)F)cc(C(F)(F)F)c1. The Balaban J connectivity index is 2.28. The zero-order valence-electron chi connectivity index (χ0n) is 30.9. The van der Waals surface area contributed by atoms with Crippen molar-refractivity contribution in [2.24, 2.45) is 0 Å². The monoisotopic (exact) mass is 964 g/mol. The first-order valence-corrected chi connectivity index (χ1v) is 16.6. The van der Waals surface area contributed by atoms with E-state index in [1.54, 1.807) is 10.9 Å². The van der Waals surface area contributed by atoms with Crippen molar-refractivity contribution in [1.82, 2.24) is 0 Å². The first kappa shape index (κ1) is 50.8. The van der Waals surface area contributed by atoms with Gasteiger partial charge in [0.2, 0.25) is 0 Å². The van der Waals surface area contributed by atoms with Crippen LogP contribution in [0.1, 0.15) is 58.4 Å². The number of alkyl halides is 24. The van der Waals surface area contributed by atoms with Crippen LogP contribution in [0.5, 0.6) is 0 Å². The molecule has 4 aromatic carbocycles. The molecule has 0 atom stereocenters. The molecule has 0 aliphatic heterocycles. The van der Waals surface area contributed by atoms with Crippen LogP contribution in [-0.2, 0) is 49.4 Å². The highest BCUT2D eigenvalue weighted by Gasteiger charge is 2.43. The molecule has 4 rings (SSSR count). The van der Waals surface area contributed by atoms with E-state index in [2.05, 4.69) is 0 Å². The van der Waals surface area contributed by atoms with Gasteiger partial charge in [-0.3, -0.25) is 10.9 Å². The number of nitrogens with zero attached hydrogens (tertiary/aromatic N) is 2. The minimum Gasteiger partial charge on any atom is -0.292 e. The second-order valence-electron chi connectivity index (χ2n) is 13.3. The van der Waals surface area contributed by atoms with Crippen LogP contribution >= 0.6 is 0 Å². The van der Waals surface area contributed by atoms with E-state index in [9.17, 15) is 105 Å². The number of hydrazine groups is 2. The van der Waals surface area contributed by atoms with Crippen LogP contribution in [0.4, 0.5) is 128 Å². The van der Waals surface area contributed by atoms with Crippen molar-refractivity contribution in [2.75, 3.05) is 20.9 Å². The summed E-state index contributed by atoms with van der Waals surface area (Å²) < 4.78 is 337. The Bertz CT molecular complexity index is 2080. The van der Waals surface area contributed by atoms with Crippen molar-refractivity contribution >= 4 is 22.7 Å². The third-order valence-electron chi connectivity index (χ3n) is 8.19. The Morgan fingerprint density at radius 2 is 0.469 bits per heavy atom. The van der Waals surface area contributed by atoms with Gasteiger partial charge in [0.15, 0.2) is 0 Å². The number of hydrogen-bond acceptors (Lipinski definition) is 4. The molecule has 0 aliphatic rings. The lowest BCUT2D eigenvalue weighted by Crippen LogP contribution is -2.43. The fraction of sp³-hybridized carbons (Fsp3) is 0.278. The molecule has 0 saturated carbocycles. The average Bonchev–Trinajstić information content (AvgIpc) is 3.10. The van der Waals surface area contributed by atoms with E-state index in [1.807, 2.05) is 0 Å². The maximum atomic E-state index is 14.2. The van der Waals surface area contributed by atoms with Crippen LogP contribution in [0.15, 0.2) is 84.2 Å². The van der Waals surface area contributed by atoms with Gasteiger partial charge in [0, 0.05) is 0 Å². The number of nitrogens with one attached hydrogen (secondary N) is 2. The molecule has 0 unspecified atom stereocenters. The lowest BCUT2D eigenvalue weighted by Gasteiger charge is -2.39. The van der Waals surface area contributed by atoms with Crippen molar-refractivity contribution in [2.45, 2.75) is 63.3 Å². The molecule has 64 heavy (non-hydrogen) atoms. The Hall–Kier alpha value is -5.86. The van der Waals surface area contributed by atoms with Crippen LogP contribution in [0.3, 0.4) is 0 Å². The average molecular weight is 965 g/mol. The smallest absolute Gasteiger partial charge is 0.292 e. The molecule has 0 bridgehead atoms. The molecule has 352 valence electrons. The molecule has 4 aromatic rings. The molecule has 0 aliphatic carbocycles. The summed E-state index contributed by atoms with van der Waals surface area (Å²) in [6, 6.07) is -4.54. The topological polar surface area (TPSA) is 30.5 Å². The molecule has 28 heteroatoms. The van der Waals surface area contributed by atoms with Gasteiger partial charge in [-0.25, -0.2) is 10.0 Å². The number of rotatable bonds is 8. The molecule has 0 heterocycles. The second-order valence-corrected chi connectivity index (χ2v) is 13.3. The third-order valence-corrected chi connectivity index (χ3v) is 8.19. The van der Waals surface area contributed by atoms with Gasteiger partial charge in [0.05, 0.1) is 67.3 Å². The summed E-state index contributed by atoms with van der Waals surface area (Å²) in [5.41, 5.74) is -22.6. The number of anilines is 4. The quantitative estimate of drug-likeness (QED) is 0.136. The number of benzene rings is 4. The summed E-state index contributed by atoms with van der Waals surface area (Å²) in [7, 11) is 0. The first-order valence-electron chi connectivity index (χ1n) is 16.6. The van der Waals surface area contributed by atoms with Gasteiger partial charge in [-0.1, -0.05) is 0 Å². The molecule has 0 amide bonds. The Morgan fingerprint density at radius 1 is 0.297 bits per heavy atom. The van der Waals surface area contributed by atoms with E-state index >= 15 is 0 Å². The van der Waals surface area contributed by atoms with Crippen molar-refractivity contribution in [3.8, 4) is 0 Å². The normalized spacial score (nSPS) is 13.5. The Morgan fingerprint density at radius 3 is 0.625 bits per heavy atom.